The fourth-order valence-corrected chi connectivity index (χ4v) is 2.66. The van der Waals surface area contributed by atoms with E-state index in [4.69, 9.17) is 4.74 Å². The van der Waals surface area contributed by atoms with E-state index in [1.807, 2.05) is 20.8 Å². The number of hydrogen-bond donors (Lipinski definition) is 0. The van der Waals surface area contributed by atoms with Crippen LogP contribution in [0.4, 0.5) is 10.1 Å². The lowest BCUT2D eigenvalue weighted by Crippen LogP contribution is -2.40. The molecule has 0 fully saturated rings. The van der Waals surface area contributed by atoms with Crippen molar-refractivity contribution in [2.24, 2.45) is 4.99 Å². The van der Waals surface area contributed by atoms with Crippen molar-refractivity contribution in [3.8, 4) is 0 Å². The third-order valence-corrected chi connectivity index (χ3v) is 3.45. The summed E-state index contributed by atoms with van der Waals surface area (Å²) < 4.78 is 19.5. The highest BCUT2D eigenvalue weighted by atomic mass is 19.1. The summed E-state index contributed by atoms with van der Waals surface area (Å²) >= 11 is 0. The van der Waals surface area contributed by atoms with Crippen molar-refractivity contribution >= 4 is 17.9 Å². The summed E-state index contributed by atoms with van der Waals surface area (Å²) in [5.41, 5.74) is 1.49. The lowest BCUT2D eigenvalue weighted by atomic mass is 10.1. The van der Waals surface area contributed by atoms with Crippen LogP contribution in [-0.4, -0.2) is 23.8 Å². The third-order valence-electron chi connectivity index (χ3n) is 3.45. The number of anilines is 1. The molecule has 4 nitrogen and oxygen atoms in total. The second-order valence-electron chi connectivity index (χ2n) is 6.20. The largest absolute Gasteiger partial charge is 0.458 e. The first-order valence-corrected chi connectivity index (χ1v) is 6.89. The van der Waals surface area contributed by atoms with E-state index < -0.39 is 11.6 Å². The molecule has 0 amide bonds. The van der Waals surface area contributed by atoms with Crippen molar-refractivity contribution < 1.29 is 13.9 Å². The summed E-state index contributed by atoms with van der Waals surface area (Å²) in [7, 11) is 0. The molecule has 2 heterocycles. The minimum absolute atomic E-state index is 0.298. The molecule has 0 radical (unpaired) electrons. The molecule has 1 aromatic carbocycles. The zero-order valence-corrected chi connectivity index (χ0v) is 12.3. The number of ether oxygens (including phenoxy) is 1. The van der Waals surface area contributed by atoms with Gasteiger partial charge in [-0.25, -0.2) is 9.18 Å². The number of hydrogen-bond acceptors (Lipinski definition) is 4. The van der Waals surface area contributed by atoms with Gasteiger partial charge in [-0.2, -0.15) is 0 Å². The maximum Gasteiger partial charge on any atom is 0.329 e. The Morgan fingerprint density at radius 1 is 1.43 bits per heavy atom. The van der Waals surface area contributed by atoms with Crippen LogP contribution in [0, 0.1) is 5.82 Å². The number of esters is 1. The molecular formula is C16H17FN2O2. The van der Waals surface area contributed by atoms with Gasteiger partial charge in [0.05, 0.1) is 5.69 Å². The zero-order chi connectivity index (χ0) is 15.2. The van der Waals surface area contributed by atoms with Gasteiger partial charge >= 0.3 is 5.97 Å². The molecule has 1 unspecified atom stereocenters. The second kappa shape index (κ2) is 4.69. The first-order chi connectivity index (χ1) is 9.87. The Hall–Kier alpha value is -2.17. The molecule has 0 aliphatic carbocycles. The Morgan fingerprint density at radius 2 is 2.19 bits per heavy atom. The van der Waals surface area contributed by atoms with E-state index in [1.165, 1.54) is 6.07 Å². The quantitative estimate of drug-likeness (QED) is 0.746. The molecule has 110 valence electrons. The molecule has 2 aliphatic rings. The van der Waals surface area contributed by atoms with Crippen LogP contribution in [0.15, 0.2) is 29.5 Å². The number of aliphatic imine (C=N–C) groups is 1. The highest BCUT2D eigenvalue weighted by molar-refractivity contribution is 5.95. The maximum absolute atomic E-state index is 14.1. The van der Waals surface area contributed by atoms with Crippen LogP contribution in [0.5, 0.6) is 0 Å². The van der Waals surface area contributed by atoms with E-state index in [-0.39, 0.29) is 11.8 Å². The van der Waals surface area contributed by atoms with Crippen molar-refractivity contribution in [2.45, 2.75) is 38.8 Å². The van der Waals surface area contributed by atoms with Gasteiger partial charge in [0.2, 0.25) is 0 Å². The van der Waals surface area contributed by atoms with E-state index in [2.05, 4.69) is 4.99 Å². The van der Waals surface area contributed by atoms with Gasteiger partial charge in [-0.15, -0.1) is 0 Å². The predicted octanol–water partition coefficient (Wildman–Crippen LogP) is 2.80. The molecule has 0 aromatic heterocycles. The topological polar surface area (TPSA) is 41.9 Å². The molecule has 0 saturated heterocycles. The van der Waals surface area contributed by atoms with E-state index >= 15 is 0 Å². The predicted molar refractivity (Wildman–Crippen MR) is 79.0 cm³/mol. The van der Waals surface area contributed by atoms with Crippen LogP contribution in [-0.2, 0) is 16.0 Å². The van der Waals surface area contributed by atoms with Crippen LogP contribution >= 0.6 is 0 Å². The smallest absolute Gasteiger partial charge is 0.329 e. The van der Waals surface area contributed by atoms with Crippen molar-refractivity contribution in [3.05, 3.63) is 41.5 Å². The van der Waals surface area contributed by atoms with E-state index in [0.29, 0.717) is 17.7 Å². The van der Waals surface area contributed by atoms with Gasteiger partial charge in [-0.3, -0.25) is 4.99 Å². The molecule has 0 spiro atoms. The summed E-state index contributed by atoms with van der Waals surface area (Å²) in [6.07, 6.45) is 5.28. The highest BCUT2D eigenvalue weighted by Crippen LogP contribution is 2.38. The molecule has 3 rings (SSSR count). The fraction of sp³-hybridized carbons (Fsp3) is 0.375. The van der Waals surface area contributed by atoms with Gasteiger partial charge in [-0.05, 0) is 32.9 Å². The van der Waals surface area contributed by atoms with E-state index in [9.17, 15) is 9.18 Å². The number of nitrogens with zero attached hydrogens (tertiary/aromatic N) is 2. The van der Waals surface area contributed by atoms with Crippen LogP contribution in [0.2, 0.25) is 0 Å². The molecular weight excluding hydrogens is 271 g/mol. The normalized spacial score (nSPS) is 19.4. The summed E-state index contributed by atoms with van der Waals surface area (Å²) in [6, 6.07) is 2.55. The summed E-state index contributed by atoms with van der Waals surface area (Å²) in [5, 5.41) is 0. The summed E-state index contributed by atoms with van der Waals surface area (Å²) in [4.78, 5) is 18.3. The Kier molecular flexibility index (Phi) is 3.08. The average molecular weight is 288 g/mol. The van der Waals surface area contributed by atoms with Gasteiger partial charge in [-0.1, -0.05) is 0 Å². The van der Waals surface area contributed by atoms with E-state index in [0.717, 1.165) is 5.56 Å². The Morgan fingerprint density at radius 3 is 2.90 bits per heavy atom. The van der Waals surface area contributed by atoms with Gasteiger partial charge in [0, 0.05) is 36.2 Å². The fourth-order valence-electron chi connectivity index (χ4n) is 2.66. The van der Waals surface area contributed by atoms with Crippen LogP contribution in [0.1, 0.15) is 31.9 Å². The van der Waals surface area contributed by atoms with Crippen LogP contribution < -0.4 is 4.90 Å². The Balaban J connectivity index is 2.01. The van der Waals surface area contributed by atoms with Crippen molar-refractivity contribution in [3.63, 3.8) is 0 Å². The SMILES string of the molecule is CC(C)(C)OC(=O)C1Cc2c(F)ccc3c2N1C=CN=C3. The molecule has 21 heavy (non-hydrogen) atoms. The maximum atomic E-state index is 14.1. The number of rotatable bonds is 1. The lowest BCUT2D eigenvalue weighted by Gasteiger charge is -2.26. The van der Waals surface area contributed by atoms with Crippen molar-refractivity contribution in [2.75, 3.05) is 4.90 Å². The third kappa shape index (κ3) is 2.44. The average Bonchev–Trinajstić information content (AvgIpc) is 2.63. The Labute approximate surface area is 122 Å². The molecule has 0 bridgehead atoms. The van der Waals surface area contributed by atoms with Crippen LogP contribution in [0.3, 0.4) is 0 Å². The lowest BCUT2D eigenvalue weighted by molar-refractivity contribution is -0.156. The molecule has 0 N–H and O–H groups in total. The zero-order valence-electron chi connectivity index (χ0n) is 12.3. The van der Waals surface area contributed by atoms with Gasteiger partial charge in [0.1, 0.15) is 17.5 Å². The molecule has 5 heteroatoms. The van der Waals surface area contributed by atoms with Crippen molar-refractivity contribution in [1.29, 1.82) is 0 Å². The second-order valence-corrected chi connectivity index (χ2v) is 6.20. The summed E-state index contributed by atoms with van der Waals surface area (Å²) in [5.74, 6) is -0.649. The van der Waals surface area contributed by atoms with Crippen molar-refractivity contribution in [1.82, 2.24) is 0 Å². The first kappa shape index (κ1) is 13.8. The van der Waals surface area contributed by atoms with Gasteiger partial charge in [0.25, 0.3) is 0 Å². The highest BCUT2D eigenvalue weighted by Gasteiger charge is 2.39. The summed E-state index contributed by atoms with van der Waals surface area (Å²) in [6.45, 7) is 5.46. The number of carbonyl (C=O) groups is 1. The minimum Gasteiger partial charge on any atom is -0.458 e. The monoisotopic (exact) mass is 288 g/mol. The molecule has 1 atom stereocenters. The van der Waals surface area contributed by atoms with Crippen LogP contribution in [0.25, 0.3) is 0 Å². The number of benzene rings is 1. The van der Waals surface area contributed by atoms with Gasteiger partial charge < -0.3 is 9.64 Å². The minimum atomic E-state index is -0.570. The van der Waals surface area contributed by atoms with Gasteiger partial charge in [0.15, 0.2) is 0 Å². The molecule has 0 saturated carbocycles. The first-order valence-electron chi connectivity index (χ1n) is 6.89. The Bertz CT molecular complexity index is 659. The number of carbonyl (C=O) groups excluding carboxylic acids is 1. The molecule has 2 aliphatic heterocycles. The number of halogens is 1. The molecule has 1 aromatic rings. The standard InChI is InChI=1S/C16H17FN2O2/c1-16(2,3)21-15(20)13-8-11-12(17)5-4-10-9-18-6-7-19(13)14(10)11/h4-7,9,13H,8H2,1-3H3. The van der Waals surface area contributed by atoms with E-state index in [1.54, 1.807) is 29.6 Å².